The summed E-state index contributed by atoms with van der Waals surface area (Å²) in [5.74, 6) is 1.24. The highest BCUT2D eigenvalue weighted by Gasteiger charge is 2.23. The number of hydrogen-bond acceptors (Lipinski definition) is 4. The molecule has 0 aliphatic carbocycles. The van der Waals surface area contributed by atoms with Gasteiger partial charge in [0.25, 0.3) is 5.91 Å². The number of fused-ring (bicyclic) bond motifs is 2. The first-order valence-electron chi connectivity index (χ1n) is 9.74. The highest BCUT2D eigenvalue weighted by atomic mass is 16.5. The minimum Gasteiger partial charge on any atom is -0.492 e. The van der Waals surface area contributed by atoms with Crippen LogP contribution in [0.3, 0.4) is 0 Å². The van der Waals surface area contributed by atoms with Gasteiger partial charge >= 0.3 is 0 Å². The van der Waals surface area contributed by atoms with E-state index in [0.717, 1.165) is 41.8 Å². The molecular formula is C22H24N2O4. The molecule has 2 heterocycles. The van der Waals surface area contributed by atoms with E-state index in [1.807, 2.05) is 32.0 Å². The van der Waals surface area contributed by atoms with E-state index in [-0.39, 0.29) is 17.9 Å². The largest absolute Gasteiger partial charge is 0.492 e. The average Bonchev–Trinajstić information content (AvgIpc) is 2.90. The van der Waals surface area contributed by atoms with E-state index in [4.69, 9.17) is 9.47 Å². The standard InChI is InChI=1S/C22H24N2O4/c1-3-27-20-11-16-9-13(2)28-19(16)12-18(20)24-22(26)15-7-8-17-14(10-15)5-4-6-21(25)23-17/h7-8,10-13H,3-6,9H2,1-2H3,(H,23,25)(H,24,26)/t13-/m1/s1. The van der Waals surface area contributed by atoms with Crippen molar-refractivity contribution in [2.24, 2.45) is 0 Å². The number of carbonyl (C=O) groups is 2. The molecule has 4 rings (SSSR count). The monoisotopic (exact) mass is 380 g/mol. The normalized spacial score (nSPS) is 17.6. The maximum Gasteiger partial charge on any atom is 0.255 e. The second kappa shape index (κ2) is 7.54. The highest BCUT2D eigenvalue weighted by Crippen LogP contribution is 2.38. The van der Waals surface area contributed by atoms with Crippen LogP contribution in [0.25, 0.3) is 0 Å². The van der Waals surface area contributed by atoms with Crippen molar-refractivity contribution in [3.63, 3.8) is 0 Å². The SMILES string of the molecule is CCOc1cc2c(cc1NC(=O)c1ccc3c(c1)CCCC(=O)N3)O[C@H](C)C2. The zero-order chi connectivity index (χ0) is 19.7. The Morgan fingerprint density at radius 3 is 2.93 bits per heavy atom. The van der Waals surface area contributed by atoms with Gasteiger partial charge in [-0.2, -0.15) is 0 Å². The number of aryl methyl sites for hydroxylation is 1. The van der Waals surface area contributed by atoms with Crippen LogP contribution in [0.5, 0.6) is 11.5 Å². The van der Waals surface area contributed by atoms with Crippen LogP contribution in [0, 0.1) is 0 Å². The van der Waals surface area contributed by atoms with Crippen LogP contribution in [0.4, 0.5) is 11.4 Å². The number of ether oxygens (including phenoxy) is 2. The van der Waals surface area contributed by atoms with Gasteiger partial charge in [-0.05, 0) is 56.5 Å². The Morgan fingerprint density at radius 1 is 1.25 bits per heavy atom. The van der Waals surface area contributed by atoms with Crippen molar-refractivity contribution in [3.05, 3.63) is 47.0 Å². The topological polar surface area (TPSA) is 76.7 Å². The number of benzene rings is 2. The van der Waals surface area contributed by atoms with E-state index in [1.165, 1.54) is 0 Å². The maximum atomic E-state index is 12.9. The predicted molar refractivity (Wildman–Crippen MR) is 107 cm³/mol. The van der Waals surface area contributed by atoms with Gasteiger partial charge in [0.2, 0.25) is 5.91 Å². The Labute approximate surface area is 164 Å². The van der Waals surface area contributed by atoms with Crippen LogP contribution in [0.1, 0.15) is 48.2 Å². The molecule has 0 spiro atoms. The van der Waals surface area contributed by atoms with E-state index < -0.39 is 0 Å². The summed E-state index contributed by atoms with van der Waals surface area (Å²) in [6, 6.07) is 9.16. The summed E-state index contributed by atoms with van der Waals surface area (Å²) in [5.41, 5.74) is 4.01. The van der Waals surface area contributed by atoms with Crippen LogP contribution in [-0.2, 0) is 17.6 Å². The number of rotatable bonds is 4. The van der Waals surface area contributed by atoms with Crippen molar-refractivity contribution in [1.82, 2.24) is 0 Å². The van der Waals surface area contributed by atoms with Gasteiger partial charge in [-0.3, -0.25) is 9.59 Å². The Kier molecular flexibility index (Phi) is 4.94. The third kappa shape index (κ3) is 3.67. The van der Waals surface area contributed by atoms with Crippen LogP contribution >= 0.6 is 0 Å². The molecule has 0 fully saturated rings. The van der Waals surface area contributed by atoms with E-state index in [9.17, 15) is 9.59 Å². The Hall–Kier alpha value is -3.02. The molecule has 0 aromatic heterocycles. The van der Waals surface area contributed by atoms with Gasteiger partial charge in [0.1, 0.15) is 17.6 Å². The fourth-order valence-corrected chi connectivity index (χ4v) is 3.72. The fourth-order valence-electron chi connectivity index (χ4n) is 3.72. The Bertz CT molecular complexity index is 938. The molecule has 2 aromatic carbocycles. The molecule has 6 heteroatoms. The third-order valence-electron chi connectivity index (χ3n) is 5.04. The fraction of sp³-hybridized carbons (Fsp3) is 0.364. The summed E-state index contributed by atoms with van der Waals surface area (Å²) in [6.45, 7) is 4.45. The lowest BCUT2D eigenvalue weighted by atomic mass is 10.0. The number of carbonyl (C=O) groups excluding carboxylic acids is 2. The first-order valence-corrected chi connectivity index (χ1v) is 9.74. The second-order valence-electron chi connectivity index (χ2n) is 7.25. The molecule has 2 aliphatic heterocycles. The van der Waals surface area contributed by atoms with Crippen molar-refractivity contribution in [1.29, 1.82) is 0 Å². The summed E-state index contributed by atoms with van der Waals surface area (Å²) in [7, 11) is 0. The van der Waals surface area contributed by atoms with E-state index in [1.54, 1.807) is 12.1 Å². The summed E-state index contributed by atoms with van der Waals surface area (Å²) >= 11 is 0. The van der Waals surface area contributed by atoms with Gasteiger partial charge in [-0.15, -0.1) is 0 Å². The summed E-state index contributed by atoms with van der Waals surface area (Å²) in [4.78, 5) is 24.6. The molecule has 0 radical (unpaired) electrons. The van der Waals surface area contributed by atoms with E-state index in [2.05, 4.69) is 10.6 Å². The zero-order valence-corrected chi connectivity index (χ0v) is 16.1. The van der Waals surface area contributed by atoms with Gasteiger partial charge in [0.15, 0.2) is 0 Å². The van der Waals surface area contributed by atoms with Crippen molar-refractivity contribution in [2.45, 2.75) is 45.6 Å². The Morgan fingerprint density at radius 2 is 2.11 bits per heavy atom. The molecule has 2 aliphatic rings. The molecule has 0 saturated carbocycles. The number of amides is 2. The minimum atomic E-state index is -0.217. The summed E-state index contributed by atoms with van der Waals surface area (Å²) in [6.07, 6.45) is 3.00. The number of nitrogens with one attached hydrogen (secondary N) is 2. The summed E-state index contributed by atoms with van der Waals surface area (Å²) in [5, 5.41) is 5.85. The molecule has 2 amide bonds. The average molecular weight is 380 g/mol. The van der Waals surface area contributed by atoms with Crippen molar-refractivity contribution >= 4 is 23.2 Å². The molecule has 0 bridgehead atoms. The van der Waals surface area contributed by atoms with Crippen LogP contribution in [0.2, 0.25) is 0 Å². The van der Waals surface area contributed by atoms with Gasteiger partial charge in [-0.1, -0.05) is 0 Å². The Balaban J connectivity index is 1.59. The van der Waals surface area contributed by atoms with Gasteiger partial charge in [-0.25, -0.2) is 0 Å². The van der Waals surface area contributed by atoms with E-state index >= 15 is 0 Å². The predicted octanol–water partition coefficient (Wildman–Crippen LogP) is 3.94. The lowest BCUT2D eigenvalue weighted by molar-refractivity contribution is -0.116. The molecule has 0 saturated heterocycles. The zero-order valence-electron chi connectivity index (χ0n) is 16.1. The molecule has 146 valence electrons. The molecular weight excluding hydrogens is 356 g/mol. The third-order valence-corrected chi connectivity index (χ3v) is 5.04. The van der Waals surface area contributed by atoms with Crippen LogP contribution < -0.4 is 20.1 Å². The second-order valence-corrected chi connectivity index (χ2v) is 7.25. The van der Waals surface area contributed by atoms with Gasteiger partial charge in [0.05, 0.1) is 12.3 Å². The van der Waals surface area contributed by atoms with Gasteiger partial charge < -0.3 is 20.1 Å². The molecule has 0 unspecified atom stereocenters. The van der Waals surface area contributed by atoms with Crippen molar-refractivity contribution in [3.8, 4) is 11.5 Å². The number of anilines is 2. The number of hydrogen-bond donors (Lipinski definition) is 2. The van der Waals surface area contributed by atoms with Crippen molar-refractivity contribution in [2.75, 3.05) is 17.2 Å². The molecule has 2 N–H and O–H groups in total. The van der Waals surface area contributed by atoms with E-state index in [0.29, 0.717) is 30.0 Å². The molecule has 2 aromatic rings. The van der Waals surface area contributed by atoms with Crippen molar-refractivity contribution < 1.29 is 19.1 Å². The van der Waals surface area contributed by atoms with Crippen LogP contribution in [0.15, 0.2) is 30.3 Å². The maximum absolute atomic E-state index is 12.9. The quantitative estimate of drug-likeness (QED) is 0.842. The smallest absolute Gasteiger partial charge is 0.255 e. The highest BCUT2D eigenvalue weighted by molar-refractivity contribution is 6.06. The van der Waals surface area contributed by atoms with Crippen LogP contribution in [-0.4, -0.2) is 24.5 Å². The lowest BCUT2D eigenvalue weighted by Gasteiger charge is -2.14. The molecule has 28 heavy (non-hydrogen) atoms. The first-order chi connectivity index (χ1) is 13.5. The van der Waals surface area contributed by atoms with Gasteiger partial charge in [0, 0.05) is 35.7 Å². The summed E-state index contributed by atoms with van der Waals surface area (Å²) < 4.78 is 11.6. The molecule has 1 atom stereocenters. The first kappa shape index (κ1) is 18.3. The lowest BCUT2D eigenvalue weighted by Crippen LogP contribution is -2.14. The minimum absolute atomic E-state index is 0.0182. The molecule has 6 nitrogen and oxygen atoms in total.